The van der Waals surface area contributed by atoms with Crippen LogP contribution in [0.25, 0.3) is 0 Å². The summed E-state index contributed by atoms with van der Waals surface area (Å²) >= 11 is 3.15. The van der Waals surface area contributed by atoms with E-state index in [0.717, 1.165) is 24.4 Å². The van der Waals surface area contributed by atoms with Crippen LogP contribution in [0.4, 0.5) is 4.39 Å². The van der Waals surface area contributed by atoms with Crippen molar-refractivity contribution in [3.63, 3.8) is 0 Å². The lowest BCUT2D eigenvalue weighted by molar-refractivity contribution is 0.476. The van der Waals surface area contributed by atoms with Gasteiger partial charge in [0.25, 0.3) is 0 Å². The quantitative estimate of drug-likeness (QED) is 0.846. The van der Waals surface area contributed by atoms with E-state index in [1.165, 1.54) is 11.6 Å². The minimum Gasteiger partial charge on any atom is -0.457 e. The molecular formula is C16H17BrFNO. The summed E-state index contributed by atoms with van der Waals surface area (Å²) < 4.78 is 19.4. The van der Waals surface area contributed by atoms with Crippen LogP contribution in [0.2, 0.25) is 0 Å². The zero-order valence-electron chi connectivity index (χ0n) is 11.5. The third-order valence-corrected chi connectivity index (χ3v) is 3.55. The second-order valence-corrected chi connectivity index (χ2v) is 5.41. The largest absolute Gasteiger partial charge is 0.457 e. The Hall–Kier alpha value is -1.39. The Balaban J connectivity index is 2.14. The third kappa shape index (κ3) is 3.81. The first-order valence-corrected chi connectivity index (χ1v) is 7.32. The minimum absolute atomic E-state index is 0.296. The maximum absolute atomic E-state index is 13.2. The number of ether oxygens (including phenoxy) is 1. The number of nitrogens with one attached hydrogen (secondary N) is 1. The average molecular weight is 338 g/mol. The molecule has 2 rings (SSSR count). The molecule has 1 N–H and O–H groups in total. The van der Waals surface area contributed by atoms with E-state index in [2.05, 4.69) is 34.2 Å². The molecule has 20 heavy (non-hydrogen) atoms. The first kappa shape index (κ1) is 15.0. The molecular weight excluding hydrogens is 321 g/mol. The third-order valence-electron chi connectivity index (χ3n) is 2.94. The first-order valence-electron chi connectivity index (χ1n) is 6.53. The Morgan fingerprint density at radius 3 is 2.65 bits per heavy atom. The highest BCUT2D eigenvalue weighted by Gasteiger charge is 2.05. The smallest absolute Gasteiger partial charge is 0.137 e. The molecule has 0 amide bonds. The van der Waals surface area contributed by atoms with Gasteiger partial charge in [-0.2, -0.15) is 0 Å². The van der Waals surface area contributed by atoms with Crippen molar-refractivity contribution in [1.82, 2.24) is 5.32 Å². The Morgan fingerprint density at radius 2 is 2.00 bits per heavy atom. The van der Waals surface area contributed by atoms with Crippen LogP contribution in [-0.4, -0.2) is 6.54 Å². The molecule has 4 heteroatoms. The van der Waals surface area contributed by atoms with E-state index in [0.29, 0.717) is 10.2 Å². The molecule has 0 unspecified atom stereocenters. The molecule has 0 spiro atoms. The summed E-state index contributed by atoms with van der Waals surface area (Å²) in [7, 11) is 0. The summed E-state index contributed by atoms with van der Waals surface area (Å²) in [5.74, 6) is 1.10. The van der Waals surface area contributed by atoms with Crippen molar-refractivity contribution in [3.05, 3.63) is 57.8 Å². The van der Waals surface area contributed by atoms with Crippen molar-refractivity contribution in [2.75, 3.05) is 6.54 Å². The first-order chi connectivity index (χ1) is 9.60. The Morgan fingerprint density at radius 1 is 1.20 bits per heavy atom. The van der Waals surface area contributed by atoms with Crippen LogP contribution in [-0.2, 0) is 6.54 Å². The van der Waals surface area contributed by atoms with Crippen molar-refractivity contribution in [1.29, 1.82) is 0 Å². The number of hydrogen-bond acceptors (Lipinski definition) is 2. The van der Waals surface area contributed by atoms with Crippen molar-refractivity contribution in [2.24, 2.45) is 0 Å². The van der Waals surface area contributed by atoms with Gasteiger partial charge in [-0.3, -0.25) is 0 Å². The van der Waals surface area contributed by atoms with Gasteiger partial charge in [0.15, 0.2) is 0 Å². The van der Waals surface area contributed by atoms with Crippen LogP contribution >= 0.6 is 15.9 Å². The normalized spacial score (nSPS) is 10.6. The fraction of sp³-hybridized carbons (Fsp3) is 0.250. The number of aryl methyl sites for hydroxylation is 1. The molecule has 0 aromatic heterocycles. The molecule has 0 aliphatic heterocycles. The highest BCUT2D eigenvalue weighted by molar-refractivity contribution is 9.10. The van der Waals surface area contributed by atoms with Crippen LogP contribution in [0.5, 0.6) is 11.5 Å². The van der Waals surface area contributed by atoms with Crippen LogP contribution in [0.3, 0.4) is 0 Å². The fourth-order valence-corrected chi connectivity index (χ4v) is 2.23. The maximum Gasteiger partial charge on any atom is 0.137 e. The molecule has 2 nitrogen and oxygen atoms in total. The summed E-state index contributed by atoms with van der Waals surface area (Å²) in [6, 6.07) is 10.7. The highest BCUT2D eigenvalue weighted by Crippen LogP contribution is 2.28. The molecule has 106 valence electrons. The second-order valence-electron chi connectivity index (χ2n) is 4.56. The molecule has 0 aliphatic carbocycles. The van der Waals surface area contributed by atoms with Gasteiger partial charge < -0.3 is 10.1 Å². The molecule has 2 aromatic rings. The molecule has 0 fully saturated rings. The molecule has 2 aromatic carbocycles. The van der Waals surface area contributed by atoms with Gasteiger partial charge in [-0.1, -0.05) is 19.1 Å². The van der Waals surface area contributed by atoms with Crippen LogP contribution in [0, 0.1) is 12.7 Å². The monoisotopic (exact) mass is 337 g/mol. The predicted octanol–water partition coefficient (Wildman–Crippen LogP) is 4.80. The minimum atomic E-state index is -0.296. The van der Waals surface area contributed by atoms with E-state index in [-0.39, 0.29) is 5.82 Å². The number of rotatable bonds is 5. The molecule has 0 saturated carbocycles. The van der Waals surface area contributed by atoms with E-state index in [1.807, 2.05) is 19.1 Å². The van der Waals surface area contributed by atoms with E-state index in [4.69, 9.17) is 4.74 Å². The van der Waals surface area contributed by atoms with Gasteiger partial charge in [0.1, 0.15) is 17.3 Å². The van der Waals surface area contributed by atoms with Gasteiger partial charge in [0, 0.05) is 6.54 Å². The van der Waals surface area contributed by atoms with Crippen LogP contribution < -0.4 is 10.1 Å². The van der Waals surface area contributed by atoms with Crippen molar-refractivity contribution in [2.45, 2.75) is 20.4 Å². The summed E-state index contributed by atoms with van der Waals surface area (Å²) in [5.41, 5.74) is 2.28. The summed E-state index contributed by atoms with van der Waals surface area (Å²) in [6.07, 6.45) is 0. The van der Waals surface area contributed by atoms with Crippen molar-refractivity contribution in [3.8, 4) is 11.5 Å². The average Bonchev–Trinajstić information content (AvgIpc) is 2.43. The maximum atomic E-state index is 13.2. The van der Waals surface area contributed by atoms with E-state index >= 15 is 0 Å². The van der Waals surface area contributed by atoms with Crippen molar-refractivity contribution < 1.29 is 9.13 Å². The lowest BCUT2D eigenvalue weighted by Gasteiger charge is -2.11. The van der Waals surface area contributed by atoms with E-state index in [1.54, 1.807) is 12.1 Å². The Bertz CT molecular complexity index is 601. The molecule has 0 radical (unpaired) electrons. The lowest BCUT2D eigenvalue weighted by Crippen LogP contribution is -2.11. The zero-order chi connectivity index (χ0) is 14.5. The number of benzene rings is 2. The highest BCUT2D eigenvalue weighted by atomic mass is 79.9. The fourth-order valence-electron chi connectivity index (χ4n) is 1.87. The Kier molecular flexibility index (Phi) is 5.15. The van der Waals surface area contributed by atoms with E-state index in [9.17, 15) is 4.39 Å². The molecule has 0 saturated heterocycles. The van der Waals surface area contributed by atoms with Gasteiger partial charge in [-0.05, 0) is 64.8 Å². The molecule has 0 heterocycles. The van der Waals surface area contributed by atoms with Gasteiger partial charge in [-0.25, -0.2) is 4.39 Å². The van der Waals surface area contributed by atoms with E-state index < -0.39 is 0 Å². The summed E-state index contributed by atoms with van der Waals surface area (Å²) in [4.78, 5) is 0. The van der Waals surface area contributed by atoms with Gasteiger partial charge in [-0.15, -0.1) is 0 Å². The second kappa shape index (κ2) is 6.86. The van der Waals surface area contributed by atoms with Crippen molar-refractivity contribution >= 4 is 15.9 Å². The standard InChI is InChI=1S/C16H17BrFNO/c1-3-19-10-12-4-7-16(11(2)8-12)20-13-5-6-15(18)14(17)9-13/h4-9,19H,3,10H2,1-2H3. The Labute approximate surface area is 127 Å². The van der Waals surface area contributed by atoms with Crippen LogP contribution in [0.15, 0.2) is 40.9 Å². The van der Waals surface area contributed by atoms with Gasteiger partial charge in [0.05, 0.1) is 4.47 Å². The summed E-state index contributed by atoms with van der Waals surface area (Å²) in [5, 5.41) is 3.29. The SMILES string of the molecule is CCNCc1ccc(Oc2ccc(F)c(Br)c2)c(C)c1. The van der Waals surface area contributed by atoms with Gasteiger partial charge in [0.2, 0.25) is 0 Å². The number of hydrogen-bond donors (Lipinski definition) is 1. The molecule has 0 atom stereocenters. The lowest BCUT2D eigenvalue weighted by atomic mass is 10.1. The predicted molar refractivity (Wildman–Crippen MR) is 82.7 cm³/mol. The van der Waals surface area contributed by atoms with Gasteiger partial charge >= 0.3 is 0 Å². The molecule has 0 aliphatic rings. The summed E-state index contributed by atoms with van der Waals surface area (Å²) in [6.45, 7) is 5.88. The number of halogens is 2. The molecule has 0 bridgehead atoms. The zero-order valence-corrected chi connectivity index (χ0v) is 13.1. The topological polar surface area (TPSA) is 21.3 Å². The van der Waals surface area contributed by atoms with Crippen LogP contribution in [0.1, 0.15) is 18.1 Å².